The molecule has 1 aromatic rings. The number of carbonyl (C=O) groups excluding carboxylic acids is 1. The third-order valence-corrected chi connectivity index (χ3v) is 3.47. The van der Waals surface area contributed by atoms with Gasteiger partial charge < -0.3 is 0 Å². The summed E-state index contributed by atoms with van der Waals surface area (Å²) in [6, 6.07) is 7.89. The second-order valence-electron chi connectivity index (χ2n) is 4.83. The first-order valence-electron chi connectivity index (χ1n) is 6.58. The van der Waals surface area contributed by atoms with Crippen LogP contribution < -0.4 is 0 Å². The van der Waals surface area contributed by atoms with Gasteiger partial charge in [0, 0.05) is 5.56 Å². The van der Waals surface area contributed by atoms with Gasteiger partial charge in [0.25, 0.3) is 0 Å². The zero-order valence-corrected chi connectivity index (χ0v) is 10.5. The average molecular weight is 228 g/mol. The second-order valence-corrected chi connectivity index (χ2v) is 4.83. The Balaban J connectivity index is 2.21. The van der Waals surface area contributed by atoms with E-state index in [-0.39, 0.29) is 5.78 Å². The molecular formula is C16H20O. The summed E-state index contributed by atoms with van der Waals surface area (Å²) in [4.78, 5) is 12.4. The summed E-state index contributed by atoms with van der Waals surface area (Å²) in [7, 11) is 0. The lowest BCUT2D eigenvalue weighted by molar-refractivity contribution is 0.102. The number of benzene rings is 1. The maximum absolute atomic E-state index is 12.4. The summed E-state index contributed by atoms with van der Waals surface area (Å²) >= 11 is 0. The van der Waals surface area contributed by atoms with E-state index in [4.69, 9.17) is 0 Å². The molecule has 2 rings (SSSR count). The molecule has 17 heavy (non-hydrogen) atoms. The van der Waals surface area contributed by atoms with Gasteiger partial charge in [0.15, 0.2) is 5.78 Å². The van der Waals surface area contributed by atoms with E-state index in [2.05, 4.69) is 6.08 Å². The highest BCUT2D eigenvalue weighted by molar-refractivity contribution is 6.09. The smallest absolute Gasteiger partial charge is 0.188 e. The molecule has 0 unspecified atom stereocenters. The number of hydrogen-bond acceptors (Lipinski definition) is 1. The van der Waals surface area contributed by atoms with E-state index in [0.717, 1.165) is 36.0 Å². The minimum atomic E-state index is 0.241. The van der Waals surface area contributed by atoms with Crippen molar-refractivity contribution in [2.45, 2.75) is 45.4 Å². The van der Waals surface area contributed by atoms with Crippen molar-refractivity contribution in [3.8, 4) is 0 Å². The van der Waals surface area contributed by atoms with Gasteiger partial charge in [-0.05, 0) is 43.7 Å². The van der Waals surface area contributed by atoms with Crippen LogP contribution in [0.1, 0.15) is 54.4 Å². The largest absolute Gasteiger partial charge is 0.289 e. The van der Waals surface area contributed by atoms with Crippen LogP contribution in [0.25, 0.3) is 0 Å². The highest BCUT2D eigenvalue weighted by Gasteiger charge is 2.14. The van der Waals surface area contributed by atoms with Crippen LogP contribution in [-0.2, 0) is 0 Å². The average Bonchev–Trinajstić information content (AvgIpc) is 2.28. The number of Topliss-reactive ketones (excluding diaryl/α,β-unsaturated/α-hetero) is 1. The Bertz CT molecular complexity index is 429. The Kier molecular flexibility index (Phi) is 4.13. The van der Waals surface area contributed by atoms with Crippen molar-refractivity contribution >= 4 is 5.78 Å². The lowest BCUT2D eigenvalue weighted by atomic mass is 9.92. The molecule has 0 bridgehead atoms. The van der Waals surface area contributed by atoms with Crippen molar-refractivity contribution in [2.24, 2.45) is 0 Å². The van der Waals surface area contributed by atoms with Crippen LogP contribution >= 0.6 is 0 Å². The molecule has 0 saturated carbocycles. The Hall–Kier alpha value is -1.37. The van der Waals surface area contributed by atoms with Gasteiger partial charge in [-0.3, -0.25) is 4.79 Å². The van der Waals surface area contributed by atoms with Crippen LogP contribution in [0.2, 0.25) is 0 Å². The number of allylic oxidation sites excluding steroid dienone is 2. The second kappa shape index (κ2) is 5.81. The van der Waals surface area contributed by atoms with Crippen molar-refractivity contribution in [1.29, 1.82) is 0 Å². The molecule has 0 spiro atoms. The molecule has 0 radical (unpaired) electrons. The molecule has 0 saturated heterocycles. The fraction of sp³-hybridized carbons (Fsp3) is 0.438. The maximum Gasteiger partial charge on any atom is 0.188 e. The fourth-order valence-corrected chi connectivity index (χ4v) is 2.40. The van der Waals surface area contributed by atoms with Gasteiger partial charge in [-0.25, -0.2) is 0 Å². The van der Waals surface area contributed by atoms with E-state index in [9.17, 15) is 4.79 Å². The summed E-state index contributed by atoms with van der Waals surface area (Å²) in [6.07, 6.45) is 9.13. The zero-order valence-electron chi connectivity index (χ0n) is 10.5. The molecule has 1 aliphatic carbocycles. The van der Waals surface area contributed by atoms with Crippen LogP contribution in [0.4, 0.5) is 0 Å². The van der Waals surface area contributed by atoms with E-state index in [1.165, 1.54) is 19.3 Å². The van der Waals surface area contributed by atoms with Gasteiger partial charge in [0.1, 0.15) is 0 Å². The number of hydrogen-bond donors (Lipinski definition) is 0. The number of ketones is 1. The van der Waals surface area contributed by atoms with E-state index >= 15 is 0 Å². The minimum Gasteiger partial charge on any atom is -0.289 e. The minimum absolute atomic E-state index is 0.241. The highest BCUT2D eigenvalue weighted by Crippen LogP contribution is 2.21. The molecule has 0 N–H and O–H groups in total. The number of carbonyl (C=O) groups is 1. The maximum atomic E-state index is 12.4. The van der Waals surface area contributed by atoms with Gasteiger partial charge in [-0.2, -0.15) is 0 Å². The van der Waals surface area contributed by atoms with Crippen LogP contribution in [0.3, 0.4) is 0 Å². The van der Waals surface area contributed by atoms with E-state index in [1.807, 2.05) is 31.2 Å². The molecule has 1 aliphatic rings. The first-order chi connectivity index (χ1) is 8.29. The Morgan fingerprint density at radius 1 is 1.06 bits per heavy atom. The molecular weight excluding hydrogens is 208 g/mol. The van der Waals surface area contributed by atoms with Gasteiger partial charge >= 0.3 is 0 Å². The summed E-state index contributed by atoms with van der Waals surface area (Å²) < 4.78 is 0. The lowest BCUT2D eigenvalue weighted by Gasteiger charge is -2.11. The monoisotopic (exact) mass is 228 g/mol. The lowest BCUT2D eigenvalue weighted by Crippen LogP contribution is -2.06. The molecule has 1 heteroatoms. The number of aryl methyl sites for hydroxylation is 1. The quantitative estimate of drug-likeness (QED) is 0.683. The molecule has 0 aliphatic heterocycles. The summed E-state index contributed by atoms with van der Waals surface area (Å²) in [5.74, 6) is 0.241. The molecule has 0 atom stereocenters. The normalized spacial score (nSPS) is 19.9. The van der Waals surface area contributed by atoms with Crippen molar-refractivity contribution in [1.82, 2.24) is 0 Å². The Morgan fingerprint density at radius 2 is 1.82 bits per heavy atom. The van der Waals surface area contributed by atoms with Gasteiger partial charge in [0.2, 0.25) is 0 Å². The first kappa shape index (κ1) is 12.1. The zero-order chi connectivity index (χ0) is 12.1. The van der Waals surface area contributed by atoms with Gasteiger partial charge in [-0.1, -0.05) is 43.2 Å². The molecule has 90 valence electrons. The summed E-state index contributed by atoms with van der Waals surface area (Å²) in [5.41, 5.74) is 2.98. The summed E-state index contributed by atoms with van der Waals surface area (Å²) in [6.45, 7) is 2.01. The van der Waals surface area contributed by atoms with E-state index in [1.54, 1.807) is 0 Å². The van der Waals surface area contributed by atoms with Gasteiger partial charge in [-0.15, -0.1) is 0 Å². The Morgan fingerprint density at radius 3 is 2.65 bits per heavy atom. The van der Waals surface area contributed by atoms with Crippen LogP contribution in [0.5, 0.6) is 0 Å². The third-order valence-electron chi connectivity index (χ3n) is 3.47. The standard InChI is InChI=1S/C16H20O/c1-13-9-7-8-12-15(13)16(17)14-10-5-3-2-4-6-11-14/h7-10,12H,2-6,11H2,1H3/b14-10+. The van der Waals surface area contributed by atoms with Crippen LogP contribution in [0, 0.1) is 6.92 Å². The van der Waals surface area contributed by atoms with E-state index in [0.29, 0.717) is 0 Å². The Labute approximate surface area is 104 Å². The van der Waals surface area contributed by atoms with E-state index < -0.39 is 0 Å². The van der Waals surface area contributed by atoms with Crippen molar-refractivity contribution < 1.29 is 4.79 Å². The number of rotatable bonds is 2. The molecule has 0 fully saturated rings. The predicted molar refractivity (Wildman–Crippen MR) is 71.3 cm³/mol. The van der Waals surface area contributed by atoms with Crippen molar-refractivity contribution in [3.63, 3.8) is 0 Å². The van der Waals surface area contributed by atoms with Crippen LogP contribution in [-0.4, -0.2) is 5.78 Å². The highest BCUT2D eigenvalue weighted by atomic mass is 16.1. The third kappa shape index (κ3) is 3.06. The van der Waals surface area contributed by atoms with Crippen LogP contribution in [0.15, 0.2) is 35.9 Å². The SMILES string of the molecule is Cc1ccccc1C(=O)/C1=C/CCCCCC1. The first-order valence-corrected chi connectivity index (χ1v) is 6.58. The molecule has 0 heterocycles. The van der Waals surface area contributed by atoms with Crippen molar-refractivity contribution in [2.75, 3.05) is 0 Å². The summed E-state index contributed by atoms with van der Waals surface area (Å²) in [5, 5.41) is 0. The predicted octanol–water partition coefficient (Wildman–Crippen LogP) is 4.46. The molecule has 1 nitrogen and oxygen atoms in total. The topological polar surface area (TPSA) is 17.1 Å². The molecule has 0 amide bonds. The fourth-order valence-electron chi connectivity index (χ4n) is 2.40. The molecule has 0 aromatic heterocycles. The molecule has 1 aromatic carbocycles. The van der Waals surface area contributed by atoms with Crippen molar-refractivity contribution in [3.05, 3.63) is 47.0 Å². The van der Waals surface area contributed by atoms with Gasteiger partial charge in [0.05, 0.1) is 0 Å².